The van der Waals surface area contributed by atoms with Gasteiger partial charge in [-0.1, -0.05) is 0 Å². The SMILES string of the molecule is Cc1cnc(N(C)Cc2ncccn2)nc1. The number of hydrogen-bond acceptors (Lipinski definition) is 5. The highest BCUT2D eigenvalue weighted by Gasteiger charge is 2.05. The molecule has 0 N–H and O–H groups in total. The molecule has 2 heterocycles. The first-order valence-electron chi connectivity index (χ1n) is 5.01. The maximum absolute atomic E-state index is 4.23. The van der Waals surface area contributed by atoms with Crippen molar-refractivity contribution < 1.29 is 0 Å². The maximum Gasteiger partial charge on any atom is 0.225 e. The molecule has 0 radical (unpaired) electrons. The highest BCUT2D eigenvalue weighted by molar-refractivity contribution is 5.28. The van der Waals surface area contributed by atoms with Crippen molar-refractivity contribution in [3.8, 4) is 0 Å². The Balaban J connectivity index is 2.09. The number of aryl methyl sites for hydroxylation is 1. The molecule has 0 saturated carbocycles. The summed E-state index contributed by atoms with van der Waals surface area (Å²) in [4.78, 5) is 18.7. The molecule has 0 aliphatic rings. The van der Waals surface area contributed by atoms with Gasteiger partial charge in [0.05, 0.1) is 6.54 Å². The van der Waals surface area contributed by atoms with Crippen LogP contribution in [0.2, 0.25) is 0 Å². The Kier molecular flexibility index (Phi) is 3.05. The Morgan fingerprint density at radius 2 is 1.69 bits per heavy atom. The summed E-state index contributed by atoms with van der Waals surface area (Å²) in [6.45, 7) is 2.56. The summed E-state index contributed by atoms with van der Waals surface area (Å²) in [7, 11) is 1.92. The normalized spacial score (nSPS) is 10.1. The molecule has 0 fully saturated rings. The molecule has 0 spiro atoms. The molecular weight excluding hydrogens is 202 g/mol. The smallest absolute Gasteiger partial charge is 0.225 e. The van der Waals surface area contributed by atoms with Gasteiger partial charge in [-0.15, -0.1) is 0 Å². The van der Waals surface area contributed by atoms with Gasteiger partial charge in [0.25, 0.3) is 0 Å². The van der Waals surface area contributed by atoms with E-state index in [0.717, 1.165) is 11.4 Å². The van der Waals surface area contributed by atoms with Crippen molar-refractivity contribution in [2.45, 2.75) is 13.5 Å². The van der Waals surface area contributed by atoms with Crippen molar-refractivity contribution in [1.82, 2.24) is 19.9 Å². The van der Waals surface area contributed by atoms with E-state index in [0.29, 0.717) is 12.5 Å². The van der Waals surface area contributed by atoms with Crippen molar-refractivity contribution in [3.63, 3.8) is 0 Å². The van der Waals surface area contributed by atoms with E-state index >= 15 is 0 Å². The summed E-state index contributed by atoms with van der Waals surface area (Å²) in [5.41, 5.74) is 1.05. The third-order valence-electron chi connectivity index (χ3n) is 2.11. The lowest BCUT2D eigenvalue weighted by Gasteiger charge is -2.15. The molecule has 0 amide bonds. The van der Waals surface area contributed by atoms with Crippen LogP contribution in [0.25, 0.3) is 0 Å². The second-order valence-electron chi connectivity index (χ2n) is 3.58. The Morgan fingerprint density at radius 3 is 2.31 bits per heavy atom. The molecule has 16 heavy (non-hydrogen) atoms. The Morgan fingerprint density at radius 1 is 1.06 bits per heavy atom. The topological polar surface area (TPSA) is 54.8 Å². The number of hydrogen-bond donors (Lipinski definition) is 0. The summed E-state index contributed by atoms with van der Waals surface area (Å²) in [6.07, 6.45) is 7.05. The predicted molar refractivity (Wildman–Crippen MR) is 60.9 cm³/mol. The summed E-state index contributed by atoms with van der Waals surface area (Å²) in [5.74, 6) is 1.44. The third-order valence-corrected chi connectivity index (χ3v) is 2.11. The van der Waals surface area contributed by atoms with E-state index < -0.39 is 0 Å². The van der Waals surface area contributed by atoms with Gasteiger partial charge in [-0.05, 0) is 18.6 Å². The highest BCUT2D eigenvalue weighted by Crippen LogP contribution is 2.06. The van der Waals surface area contributed by atoms with Crippen molar-refractivity contribution in [2.75, 3.05) is 11.9 Å². The van der Waals surface area contributed by atoms with Gasteiger partial charge < -0.3 is 4.90 Å². The lowest BCUT2D eigenvalue weighted by Crippen LogP contribution is -2.20. The van der Waals surface area contributed by atoms with Gasteiger partial charge in [-0.2, -0.15) is 0 Å². The van der Waals surface area contributed by atoms with Crippen molar-refractivity contribution >= 4 is 5.95 Å². The van der Waals surface area contributed by atoms with Gasteiger partial charge in [-0.3, -0.25) is 0 Å². The van der Waals surface area contributed by atoms with E-state index in [9.17, 15) is 0 Å². The van der Waals surface area contributed by atoms with Crippen LogP contribution in [0.3, 0.4) is 0 Å². The first-order chi connectivity index (χ1) is 7.75. The van der Waals surface area contributed by atoms with Gasteiger partial charge in [0.2, 0.25) is 5.95 Å². The lowest BCUT2D eigenvalue weighted by molar-refractivity contribution is 0.805. The second kappa shape index (κ2) is 4.65. The summed E-state index contributed by atoms with van der Waals surface area (Å²) < 4.78 is 0. The zero-order valence-electron chi connectivity index (χ0n) is 9.33. The molecular formula is C11H13N5. The number of nitrogens with zero attached hydrogens (tertiary/aromatic N) is 5. The molecule has 0 bridgehead atoms. The lowest BCUT2D eigenvalue weighted by atomic mass is 10.4. The monoisotopic (exact) mass is 215 g/mol. The standard InChI is InChI=1S/C11H13N5/c1-9-6-14-11(15-7-9)16(2)8-10-12-4-3-5-13-10/h3-7H,8H2,1-2H3. The first-order valence-corrected chi connectivity index (χ1v) is 5.01. The van der Waals surface area contributed by atoms with E-state index in [1.165, 1.54) is 0 Å². The van der Waals surface area contributed by atoms with Crippen molar-refractivity contribution in [1.29, 1.82) is 0 Å². The van der Waals surface area contributed by atoms with Crippen LogP contribution in [-0.4, -0.2) is 27.0 Å². The van der Waals surface area contributed by atoms with E-state index in [-0.39, 0.29) is 0 Å². The van der Waals surface area contributed by atoms with Gasteiger partial charge in [0.1, 0.15) is 5.82 Å². The quantitative estimate of drug-likeness (QED) is 0.770. The molecule has 2 rings (SSSR count). The molecule has 82 valence electrons. The molecule has 5 heteroatoms. The Labute approximate surface area is 94.2 Å². The van der Waals surface area contributed by atoms with E-state index in [2.05, 4.69) is 19.9 Å². The van der Waals surface area contributed by atoms with Gasteiger partial charge in [0.15, 0.2) is 0 Å². The second-order valence-corrected chi connectivity index (χ2v) is 3.58. The van der Waals surface area contributed by atoms with Crippen molar-refractivity contribution in [2.24, 2.45) is 0 Å². The number of rotatable bonds is 3. The summed E-state index contributed by atoms with van der Waals surface area (Å²) in [6, 6.07) is 1.80. The minimum Gasteiger partial charge on any atom is -0.336 e. The molecule has 0 aromatic carbocycles. The fraction of sp³-hybridized carbons (Fsp3) is 0.273. The van der Waals surface area contributed by atoms with Gasteiger partial charge >= 0.3 is 0 Å². The maximum atomic E-state index is 4.23. The van der Waals surface area contributed by atoms with Crippen LogP contribution < -0.4 is 4.90 Å². The Bertz CT molecular complexity index is 440. The average Bonchev–Trinajstić information content (AvgIpc) is 2.31. The molecule has 5 nitrogen and oxygen atoms in total. The zero-order valence-corrected chi connectivity index (χ0v) is 9.33. The number of aromatic nitrogens is 4. The molecule has 0 atom stereocenters. The van der Waals surface area contributed by atoms with Crippen LogP contribution in [0, 0.1) is 6.92 Å². The fourth-order valence-corrected chi connectivity index (χ4v) is 1.28. The highest BCUT2D eigenvalue weighted by atomic mass is 15.2. The first kappa shape index (κ1) is 10.5. The summed E-state index contributed by atoms with van der Waals surface area (Å²) in [5, 5.41) is 0. The van der Waals surface area contributed by atoms with Gasteiger partial charge in [-0.25, -0.2) is 19.9 Å². The average molecular weight is 215 g/mol. The largest absolute Gasteiger partial charge is 0.336 e. The van der Waals surface area contributed by atoms with Gasteiger partial charge in [0, 0.05) is 31.8 Å². The molecule has 0 saturated heterocycles. The van der Waals surface area contributed by atoms with E-state index in [1.807, 2.05) is 18.9 Å². The van der Waals surface area contributed by atoms with E-state index in [1.54, 1.807) is 30.9 Å². The minimum absolute atomic E-state index is 0.601. The fourth-order valence-electron chi connectivity index (χ4n) is 1.28. The van der Waals surface area contributed by atoms with Crippen LogP contribution in [0.4, 0.5) is 5.95 Å². The summed E-state index contributed by atoms with van der Waals surface area (Å²) >= 11 is 0. The molecule has 0 aliphatic carbocycles. The predicted octanol–water partition coefficient (Wildman–Crippen LogP) is 1.21. The minimum atomic E-state index is 0.601. The van der Waals surface area contributed by atoms with Crippen LogP contribution in [0.5, 0.6) is 0 Å². The molecule has 2 aromatic rings. The molecule has 2 aromatic heterocycles. The van der Waals surface area contributed by atoms with Crippen LogP contribution in [0.1, 0.15) is 11.4 Å². The molecule has 0 aliphatic heterocycles. The number of anilines is 1. The van der Waals surface area contributed by atoms with Crippen molar-refractivity contribution in [3.05, 3.63) is 42.2 Å². The Hall–Kier alpha value is -2.04. The third kappa shape index (κ3) is 2.50. The van der Waals surface area contributed by atoms with Crippen LogP contribution >= 0.6 is 0 Å². The van der Waals surface area contributed by atoms with E-state index in [4.69, 9.17) is 0 Å². The van der Waals surface area contributed by atoms with Crippen LogP contribution in [-0.2, 0) is 6.54 Å². The molecule has 0 unspecified atom stereocenters. The van der Waals surface area contributed by atoms with Crippen LogP contribution in [0.15, 0.2) is 30.9 Å². The zero-order chi connectivity index (χ0) is 11.4.